The van der Waals surface area contributed by atoms with Gasteiger partial charge in [0, 0.05) is 0 Å². The standard InChI is InChI=1S/C10H21F2N3O/c1-10(14-2,9(13)16)5-4-6-15(3)7-8(11)12/h8,14H,4-7H2,1-3H3,(H2,13,16). The normalized spacial score (nSPS) is 15.4. The minimum absolute atomic E-state index is 0.243. The second kappa shape index (κ2) is 6.75. The van der Waals surface area contributed by atoms with E-state index in [1.165, 1.54) is 0 Å². The lowest BCUT2D eigenvalue weighted by atomic mass is 9.95. The molecular weight excluding hydrogens is 216 g/mol. The molecule has 4 nitrogen and oxygen atoms in total. The smallest absolute Gasteiger partial charge is 0.251 e. The maximum atomic E-state index is 12.0. The monoisotopic (exact) mass is 237 g/mol. The van der Waals surface area contributed by atoms with E-state index in [9.17, 15) is 13.6 Å². The number of carbonyl (C=O) groups excluding carboxylic acids is 1. The van der Waals surface area contributed by atoms with Gasteiger partial charge in [-0.05, 0) is 40.4 Å². The summed E-state index contributed by atoms with van der Waals surface area (Å²) in [6.07, 6.45) is -1.15. The summed E-state index contributed by atoms with van der Waals surface area (Å²) in [5.41, 5.74) is 4.49. The molecule has 1 unspecified atom stereocenters. The molecule has 0 spiro atoms. The first-order valence-corrected chi connectivity index (χ1v) is 5.27. The topological polar surface area (TPSA) is 58.4 Å². The van der Waals surface area contributed by atoms with Crippen LogP contribution in [0.25, 0.3) is 0 Å². The molecule has 16 heavy (non-hydrogen) atoms. The van der Waals surface area contributed by atoms with Gasteiger partial charge < -0.3 is 16.0 Å². The number of hydrogen-bond acceptors (Lipinski definition) is 3. The fourth-order valence-corrected chi connectivity index (χ4v) is 1.40. The quantitative estimate of drug-likeness (QED) is 0.643. The average molecular weight is 237 g/mol. The van der Waals surface area contributed by atoms with Gasteiger partial charge in [0.05, 0.1) is 12.1 Å². The fraction of sp³-hybridized carbons (Fsp3) is 0.900. The van der Waals surface area contributed by atoms with Crippen LogP contribution in [0.3, 0.4) is 0 Å². The largest absolute Gasteiger partial charge is 0.368 e. The van der Waals surface area contributed by atoms with Gasteiger partial charge in [-0.25, -0.2) is 8.78 Å². The molecule has 0 aliphatic heterocycles. The highest BCUT2D eigenvalue weighted by molar-refractivity contribution is 5.84. The first-order valence-electron chi connectivity index (χ1n) is 5.27. The van der Waals surface area contributed by atoms with E-state index in [0.29, 0.717) is 19.4 Å². The first-order chi connectivity index (χ1) is 7.31. The maximum absolute atomic E-state index is 12.0. The highest BCUT2D eigenvalue weighted by Gasteiger charge is 2.28. The van der Waals surface area contributed by atoms with E-state index >= 15 is 0 Å². The van der Waals surface area contributed by atoms with Gasteiger partial charge in [-0.1, -0.05) is 0 Å². The van der Waals surface area contributed by atoms with E-state index < -0.39 is 17.9 Å². The summed E-state index contributed by atoms with van der Waals surface area (Å²) in [6.45, 7) is 1.99. The van der Waals surface area contributed by atoms with Gasteiger partial charge in [0.15, 0.2) is 0 Å². The molecule has 0 aliphatic rings. The lowest BCUT2D eigenvalue weighted by molar-refractivity contribution is -0.123. The van der Waals surface area contributed by atoms with Crippen LogP contribution in [0.1, 0.15) is 19.8 Å². The fourth-order valence-electron chi connectivity index (χ4n) is 1.40. The third-order valence-corrected chi connectivity index (χ3v) is 2.76. The van der Waals surface area contributed by atoms with Crippen molar-refractivity contribution in [1.82, 2.24) is 10.2 Å². The van der Waals surface area contributed by atoms with E-state index in [1.807, 2.05) is 0 Å². The zero-order chi connectivity index (χ0) is 12.8. The van der Waals surface area contributed by atoms with Crippen LogP contribution < -0.4 is 11.1 Å². The molecule has 1 atom stereocenters. The number of amides is 1. The Morgan fingerprint density at radius 2 is 2.12 bits per heavy atom. The zero-order valence-corrected chi connectivity index (χ0v) is 10.1. The van der Waals surface area contributed by atoms with Crippen molar-refractivity contribution in [3.05, 3.63) is 0 Å². The van der Waals surface area contributed by atoms with Crippen LogP contribution in [-0.2, 0) is 4.79 Å². The summed E-state index contributed by atoms with van der Waals surface area (Å²) >= 11 is 0. The van der Waals surface area contributed by atoms with Crippen LogP contribution in [0.15, 0.2) is 0 Å². The van der Waals surface area contributed by atoms with Crippen LogP contribution in [0.4, 0.5) is 8.78 Å². The van der Waals surface area contributed by atoms with Gasteiger partial charge in [-0.15, -0.1) is 0 Å². The summed E-state index contributed by atoms with van der Waals surface area (Å²) in [7, 11) is 3.29. The van der Waals surface area contributed by atoms with Crippen molar-refractivity contribution in [1.29, 1.82) is 0 Å². The molecule has 0 heterocycles. The van der Waals surface area contributed by atoms with E-state index in [4.69, 9.17) is 5.73 Å². The Kier molecular flexibility index (Phi) is 6.43. The number of primary amides is 1. The molecule has 0 aliphatic carbocycles. The molecule has 0 aromatic carbocycles. The second-order valence-corrected chi connectivity index (χ2v) is 4.20. The first kappa shape index (κ1) is 15.2. The van der Waals surface area contributed by atoms with Crippen LogP contribution in [-0.4, -0.2) is 50.0 Å². The van der Waals surface area contributed by atoms with Crippen LogP contribution in [0.2, 0.25) is 0 Å². The number of carbonyl (C=O) groups is 1. The maximum Gasteiger partial charge on any atom is 0.251 e. The predicted octanol–water partition coefficient (Wildman–Crippen LogP) is 0.427. The van der Waals surface area contributed by atoms with Crippen LogP contribution in [0, 0.1) is 0 Å². The number of rotatable bonds is 8. The SMILES string of the molecule is CNC(C)(CCCN(C)CC(F)F)C(N)=O. The molecule has 0 radical (unpaired) electrons. The number of nitrogens with zero attached hydrogens (tertiary/aromatic N) is 1. The highest BCUT2D eigenvalue weighted by Crippen LogP contribution is 2.11. The molecule has 0 saturated carbocycles. The summed E-state index contributed by atoms with van der Waals surface area (Å²) in [5, 5.41) is 2.85. The Hall–Kier alpha value is -0.750. The van der Waals surface area contributed by atoms with E-state index in [-0.39, 0.29) is 6.54 Å². The number of nitrogens with two attached hydrogens (primary N) is 1. The van der Waals surface area contributed by atoms with Gasteiger partial charge in [-0.3, -0.25) is 4.79 Å². The molecule has 1 amide bonds. The van der Waals surface area contributed by atoms with Crippen LogP contribution in [0.5, 0.6) is 0 Å². The van der Waals surface area contributed by atoms with Crippen molar-refractivity contribution in [3.8, 4) is 0 Å². The third kappa shape index (κ3) is 5.37. The molecule has 0 aromatic rings. The third-order valence-electron chi connectivity index (χ3n) is 2.76. The molecule has 0 bridgehead atoms. The number of likely N-dealkylation sites (N-methyl/N-ethyl adjacent to an activating group) is 1. The molecular formula is C10H21F2N3O. The van der Waals surface area contributed by atoms with Crippen molar-refractivity contribution >= 4 is 5.91 Å². The summed E-state index contributed by atoms with van der Waals surface area (Å²) in [4.78, 5) is 12.7. The average Bonchev–Trinajstić information content (AvgIpc) is 2.15. The molecule has 0 saturated heterocycles. The lowest BCUT2D eigenvalue weighted by Gasteiger charge is -2.26. The molecule has 96 valence electrons. The molecule has 3 N–H and O–H groups in total. The van der Waals surface area contributed by atoms with Crippen molar-refractivity contribution in [3.63, 3.8) is 0 Å². The van der Waals surface area contributed by atoms with Crippen molar-refractivity contribution in [2.45, 2.75) is 31.7 Å². The number of hydrogen-bond donors (Lipinski definition) is 2. The second-order valence-electron chi connectivity index (χ2n) is 4.20. The molecule has 0 rings (SSSR count). The van der Waals surface area contributed by atoms with E-state index in [1.54, 1.807) is 25.9 Å². The number of halogens is 2. The minimum atomic E-state index is -2.32. The summed E-state index contributed by atoms with van der Waals surface area (Å²) < 4.78 is 24.0. The van der Waals surface area contributed by atoms with Gasteiger partial charge in [0.2, 0.25) is 5.91 Å². The molecule has 6 heteroatoms. The minimum Gasteiger partial charge on any atom is -0.368 e. The van der Waals surface area contributed by atoms with Gasteiger partial charge in [-0.2, -0.15) is 0 Å². The number of nitrogens with one attached hydrogen (secondary N) is 1. The van der Waals surface area contributed by atoms with Crippen molar-refractivity contribution in [2.24, 2.45) is 5.73 Å². The Balaban J connectivity index is 3.92. The van der Waals surface area contributed by atoms with Crippen LogP contribution >= 0.6 is 0 Å². The Morgan fingerprint density at radius 1 is 1.56 bits per heavy atom. The predicted molar refractivity (Wildman–Crippen MR) is 59.4 cm³/mol. The summed E-state index contributed by atoms with van der Waals surface area (Å²) in [6, 6.07) is 0. The van der Waals surface area contributed by atoms with Gasteiger partial charge in [0.25, 0.3) is 6.43 Å². The molecule has 0 fully saturated rings. The highest BCUT2D eigenvalue weighted by atomic mass is 19.3. The Morgan fingerprint density at radius 3 is 2.50 bits per heavy atom. The van der Waals surface area contributed by atoms with E-state index in [0.717, 1.165) is 0 Å². The van der Waals surface area contributed by atoms with Gasteiger partial charge >= 0.3 is 0 Å². The van der Waals surface area contributed by atoms with E-state index in [2.05, 4.69) is 5.32 Å². The molecule has 0 aromatic heterocycles. The van der Waals surface area contributed by atoms with Crippen molar-refractivity contribution < 1.29 is 13.6 Å². The Labute approximate surface area is 95.2 Å². The summed E-state index contributed by atoms with van der Waals surface area (Å²) in [5.74, 6) is -0.425. The van der Waals surface area contributed by atoms with Gasteiger partial charge in [0.1, 0.15) is 0 Å². The Bertz CT molecular complexity index is 226. The van der Waals surface area contributed by atoms with Crippen molar-refractivity contribution in [2.75, 3.05) is 27.2 Å². The zero-order valence-electron chi connectivity index (χ0n) is 10.1. The number of alkyl halides is 2. The lowest BCUT2D eigenvalue weighted by Crippen LogP contribution is -2.51.